The first-order valence-electron chi connectivity index (χ1n) is 7.51. The first kappa shape index (κ1) is 18.0. The van der Waals surface area contributed by atoms with E-state index in [1.165, 1.54) is 0 Å². The van der Waals surface area contributed by atoms with Gasteiger partial charge in [-0.25, -0.2) is 0 Å². The molecular weight excluding hydrogens is 282 g/mol. The molecule has 1 amide bonds. The third-order valence-electron chi connectivity index (χ3n) is 3.25. The van der Waals surface area contributed by atoms with Crippen LogP contribution in [0.4, 0.5) is 0 Å². The number of nitrogens with one attached hydrogen (secondary N) is 1. The molecule has 0 bridgehead atoms. The molecule has 0 radical (unpaired) electrons. The predicted octanol–water partition coefficient (Wildman–Crippen LogP) is 2.91. The highest BCUT2D eigenvalue weighted by Gasteiger charge is 2.21. The number of carboxylic acids is 1. The van der Waals surface area contributed by atoms with Gasteiger partial charge in [-0.05, 0) is 51.3 Å². The standard InChI is InChI=1S/C17H25NO4/c1-13-6-4-7-14(12-13)22-11-5-8-15(19)18-17(2,3)10-9-16(20)21/h4,6-7,12H,5,8-11H2,1-3H3,(H,18,19)(H,20,21). The Morgan fingerprint density at radius 3 is 2.64 bits per heavy atom. The molecule has 0 atom stereocenters. The number of carboxylic acid groups (broad SMARTS) is 1. The second kappa shape index (κ2) is 8.41. The number of aryl methyl sites for hydroxylation is 1. The molecule has 5 nitrogen and oxygen atoms in total. The molecule has 0 spiro atoms. The van der Waals surface area contributed by atoms with Gasteiger partial charge in [-0.2, -0.15) is 0 Å². The molecule has 0 unspecified atom stereocenters. The van der Waals surface area contributed by atoms with Crippen LogP contribution in [0, 0.1) is 6.92 Å². The van der Waals surface area contributed by atoms with E-state index in [4.69, 9.17) is 9.84 Å². The fraction of sp³-hybridized carbons (Fsp3) is 0.529. The smallest absolute Gasteiger partial charge is 0.303 e. The van der Waals surface area contributed by atoms with Crippen molar-refractivity contribution in [2.24, 2.45) is 0 Å². The number of amides is 1. The Bertz CT molecular complexity index is 511. The summed E-state index contributed by atoms with van der Waals surface area (Å²) in [4.78, 5) is 22.4. The number of hydrogen-bond donors (Lipinski definition) is 2. The minimum Gasteiger partial charge on any atom is -0.494 e. The molecule has 0 aromatic heterocycles. The van der Waals surface area contributed by atoms with Crippen molar-refractivity contribution in [3.8, 4) is 5.75 Å². The van der Waals surface area contributed by atoms with Crippen molar-refractivity contribution in [1.82, 2.24) is 5.32 Å². The zero-order valence-corrected chi connectivity index (χ0v) is 13.5. The van der Waals surface area contributed by atoms with Crippen molar-refractivity contribution in [1.29, 1.82) is 0 Å². The zero-order chi connectivity index (χ0) is 16.6. The SMILES string of the molecule is Cc1cccc(OCCCC(=O)NC(C)(C)CCC(=O)O)c1. The van der Waals surface area contributed by atoms with Gasteiger partial charge in [0, 0.05) is 18.4 Å². The van der Waals surface area contributed by atoms with E-state index in [-0.39, 0.29) is 12.3 Å². The van der Waals surface area contributed by atoms with Crippen LogP contribution in [0.25, 0.3) is 0 Å². The molecule has 0 saturated carbocycles. The number of carbonyl (C=O) groups is 2. The summed E-state index contributed by atoms with van der Waals surface area (Å²) in [6.45, 7) is 6.14. The summed E-state index contributed by atoms with van der Waals surface area (Å²) in [5.74, 6) is -0.126. The van der Waals surface area contributed by atoms with Gasteiger partial charge < -0.3 is 15.2 Å². The Morgan fingerprint density at radius 1 is 1.27 bits per heavy atom. The number of aliphatic carboxylic acids is 1. The van der Waals surface area contributed by atoms with E-state index in [2.05, 4.69) is 5.32 Å². The van der Waals surface area contributed by atoms with Gasteiger partial charge in [-0.3, -0.25) is 9.59 Å². The van der Waals surface area contributed by atoms with Crippen molar-refractivity contribution in [2.75, 3.05) is 6.61 Å². The molecule has 1 aromatic rings. The highest BCUT2D eigenvalue weighted by Crippen LogP contribution is 2.14. The van der Waals surface area contributed by atoms with Crippen molar-refractivity contribution in [2.45, 2.75) is 52.0 Å². The molecule has 22 heavy (non-hydrogen) atoms. The zero-order valence-electron chi connectivity index (χ0n) is 13.5. The van der Waals surface area contributed by atoms with Crippen molar-refractivity contribution >= 4 is 11.9 Å². The lowest BCUT2D eigenvalue weighted by Gasteiger charge is -2.25. The van der Waals surface area contributed by atoms with Gasteiger partial charge in [0.25, 0.3) is 0 Å². The molecule has 0 aliphatic carbocycles. The van der Waals surface area contributed by atoms with E-state index in [9.17, 15) is 9.59 Å². The van der Waals surface area contributed by atoms with Gasteiger partial charge in [0.15, 0.2) is 0 Å². The van der Waals surface area contributed by atoms with Crippen LogP contribution in [0.1, 0.15) is 45.1 Å². The van der Waals surface area contributed by atoms with Crippen LogP contribution >= 0.6 is 0 Å². The number of rotatable bonds is 9. The normalized spacial score (nSPS) is 11.0. The summed E-state index contributed by atoms with van der Waals surface area (Å²) in [5, 5.41) is 11.5. The molecule has 1 aromatic carbocycles. The van der Waals surface area contributed by atoms with E-state index in [1.54, 1.807) is 0 Å². The third kappa shape index (κ3) is 7.67. The molecule has 1 rings (SSSR count). The summed E-state index contributed by atoms with van der Waals surface area (Å²) >= 11 is 0. The highest BCUT2D eigenvalue weighted by molar-refractivity contribution is 5.76. The minimum atomic E-state index is -0.853. The summed E-state index contributed by atoms with van der Waals surface area (Å²) in [5.41, 5.74) is 0.628. The number of benzene rings is 1. The number of carbonyl (C=O) groups excluding carboxylic acids is 1. The lowest BCUT2D eigenvalue weighted by molar-refractivity contribution is -0.137. The largest absolute Gasteiger partial charge is 0.494 e. The summed E-state index contributed by atoms with van der Waals surface area (Å²) < 4.78 is 5.59. The van der Waals surface area contributed by atoms with Crippen LogP contribution in [-0.4, -0.2) is 29.1 Å². The van der Waals surface area contributed by atoms with Crippen LogP contribution in [-0.2, 0) is 9.59 Å². The lowest BCUT2D eigenvalue weighted by Crippen LogP contribution is -2.43. The minimum absolute atomic E-state index is 0.0454. The Balaban J connectivity index is 2.24. The summed E-state index contributed by atoms with van der Waals surface area (Å²) in [7, 11) is 0. The van der Waals surface area contributed by atoms with Crippen molar-refractivity contribution in [3.05, 3.63) is 29.8 Å². The molecule has 0 saturated heterocycles. The third-order valence-corrected chi connectivity index (χ3v) is 3.25. The van der Waals surface area contributed by atoms with Crippen LogP contribution < -0.4 is 10.1 Å². The summed E-state index contributed by atoms with van der Waals surface area (Å²) in [6.07, 6.45) is 1.44. The fourth-order valence-electron chi connectivity index (χ4n) is 2.05. The molecular formula is C17H25NO4. The monoisotopic (exact) mass is 307 g/mol. The Hall–Kier alpha value is -2.04. The van der Waals surface area contributed by atoms with Crippen molar-refractivity contribution < 1.29 is 19.4 Å². The van der Waals surface area contributed by atoms with Crippen molar-refractivity contribution in [3.63, 3.8) is 0 Å². The van der Waals surface area contributed by atoms with Crippen LogP contribution in [0.15, 0.2) is 24.3 Å². The Kier molecular flexibility index (Phi) is 6.89. The Morgan fingerprint density at radius 2 is 2.00 bits per heavy atom. The van der Waals surface area contributed by atoms with Gasteiger partial charge >= 0.3 is 5.97 Å². The Labute approximate surface area is 131 Å². The summed E-state index contributed by atoms with van der Waals surface area (Å²) in [6, 6.07) is 7.78. The fourth-order valence-corrected chi connectivity index (χ4v) is 2.05. The second-order valence-corrected chi connectivity index (χ2v) is 6.09. The number of hydrogen-bond acceptors (Lipinski definition) is 3. The topological polar surface area (TPSA) is 75.6 Å². The predicted molar refractivity (Wildman–Crippen MR) is 85.0 cm³/mol. The van der Waals surface area contributed by atoms with Gasteiger partial charge in [-0.1, -0.05) is 12.1 Å². The molecule has 2 N–H and O–H groups in total. The molecule has 0 fully saturated rings. The maximum Gasteiger partial charge on any atom is 0.303 e. The van der Waals surface area contributed by atoms with Gasteiger partial charge in [0.1, 0.15) is 5.75 Å². The average molecular weight is 307 g/mol. The maximum absolute atomic E-state index is 11.9. The maximum atomic E-state index is 11.9. The van der Waals surface area contributed by atoms with E-state index in [0.29, 0.717) is 25.9 Å². The van der Waals surface area contributed by atoms with Crippen LogP contribution in [0.5, 0.6) is 5.75 Å². The van der Waals surface area contributed by atoms with Gasteiger partial charge in [-0.15, -0.1) is 0 Å². The van der Waals surface area contributed by atoms with Gasteiger partial charge in [0.05, 0.1) is 6.61 Å². The molecule has 0 aliphatic rings. The lowest BCUT2D eigenvalue weighted by atomic mass is 9.98. The van der Waals surface area contributed by atoms with Crippen LogP contribution in [0.2, 0.25) is 0 Å². The second-order valence-electron chi connectivity index (χ2n) is 6.09. The van der Waals surface area contributed by atoms with Gasteiger partial charge in [0.2, 0.25) is 5.91 Å². The first-order chi connectivity index (χ1) is 10.3. The van der Waals surface area contributed by atoms with E-state index in [0.717, 1.165) is 11.3 Å². The van der Waals surface area contributed by atoms with E-state index in [1.807, 2.05) is 45.0 Å². The van der Waals surface area contributed by atoms with Crippen LogP contribution in [0.3, 0.4) is 0 Å². The first-order valence-corrected chi connectivity index (χ1v) is 7.51. The molecule has 0 heterocycles. The van der Waals surface area contributed by atoms with E-state index >= 15 is 0 Å². The molecule has 122 valence electrons. The molecule has 5 heteroatoms. The number of ether oxygens (including phenoxy) is 1. The van der Waals surface area contributed by atoms with E-state index < -0.39 is 11.5 Å². The molecule has 0 aliphatic heterocycles. The average Bonchev–Trinajstić information content (AvgIpc) is 2.41. The highest BCUT2D eigenvalue weighted by atomic mass is 16.5. The quantitative estimate of drug-likeness (QED) is 0.688.